The van der Waals surface area contributed by atoms with Gasteiger partial charge in [0.25, 0.3) is 0 Å². The van der Waals surface area contributed by atoms with Crippen LogP contribution in [-0.2, 0) is 0 Å². The number of hydrogen-bond acceptors (Lipinski definition) is 3. The Bertz CT molecular complexity index is 141. The maximum Gasteiger partial charge on any atom is 0.126 e. The number of nitrogens with zero attached hydrogens (tertiary/aromatic N) is 2. The zero-order valence-corrected chi connectivity index (χ0v) is 4.20. The van der Waals surface area contributed by atoms with Crippen LogP contribution in [-0.4, -0.2) is 15.4 Å². The monoisotopic (exact) mass is 113 g/mol. The van der Waals surface area contributed by atoms with E-state index in [9.17, 15) is 0 Å². The molecular weight excluding hydrogens is 106 g/mol. The van der Waals surface area contributed by atoms with Gasteiger partial charge in [-0.25, -0.2) is 9.97 Å². The van der Waals surface area contributed by atoms with Crippen molar-refractivity contribution >= 4 is 5.82 Å². The number of hydrogen-bond donors (Lipinski definition) is 1. The fourth-order valence-electron chi connectivity index (χ4n) is 0.301. The van der Waals surface area contributed by atoms with E-state index in [-0.39, 0.29) is 5.48 Å². The number of anilines is 1. The Balaban J connectivity index is 0.000000490. The second kappa shape index (κ2) is 2.92. The number of rotatable bonds is 0. The van der Waals surface area contributed by atoms with E-state index in [0.717, 1.165) is 0 Å². The lowest BCUT2D eigenvalue weighted by Crippen LogP contribution is -1.87. The molecule has 8 heavy (non-hydrogen) atoms. The highest BCUT2D eigenvalue weighted by atomic mass is 16.0. The maximum absolute atomic E-state index is 5.21. The van der Waals surface area contributed by atoms with Crippen LogP contribution in [0.5, 0.6) is 0 Å². The van der Waals surface area contributed by atoms with Gasteiger partial charge in [0.1, 0.15) is 12.1 Å². The molecule has 4 N–H and O–H groups in total. The Labute approximate surface area is 46.7 Å². The largest absolute Gasteiger partial charge is 0.412 e. The minimum atomic E-state index is 0. The summed E-state index contributed by atoms with van der Waals surface area (Å²) in [6.45, 7) is 0. The Hall–Kier alpha value is -1.16. The van der Waals surface area contributed by atoms with E-state index < -0.39 is 0 Å². The lowest BCUT2D eigenvalue weighted by molar-refractivity contribution is 0.824. The molecule has 0 aromatic carbocycles. The molecule has 0 unspecified atom stereocenters. The van der Waals surface area contributed by atoms with E-state index in [4.69, 9.17) is 5.73 Å². The summed E-state index contributed by atoms with van der Waals surface area (Å²) in [7, 11) is 0. The smallest absolute Gasteiger partial charge is 0.126 e. The number of aromatic nitrogens is 2. The van der Waals surface area contributed by atoms with Gasteiger partial charge in [-0.15, -0.1) is 0 Å². The van der Waals surface area contributed by atoms with Crippen LogP contribution < -0.4 is 5.73 Å². The van der Waals surface area contributed by atoms with Gasteiger partial charge in [-0.1, -0.05) is 0 Å². The summed E-state index contributed by atoms with van der Waals surface area (Å²) in [4.78, 5) is 7.30. The SMILES string of the molecule is Nc1ccncn1.O. The van der Waals surface area contributed by atoms with Crippen LogP contribution in [0.25, 0.3) is 0 Å². The van der Waals surface area contributed by atoms with E-state index in [1.807, 2.05) is 0 Å². The van der Waals surface area contributed by atoms with E-state index in [1.165, 1.54) is 6.33 Å². The van der Waals surface area contributed by atoms with Crippen molar-refractivity contribution in [1.29, 1.82) is 0 Å². The third kappa shape index (κ3) is 1.53. The van der Waals surface area contributed by atoms with Gasteiger partial charge in [0.2, 0.25) is 0 Å². The molecule has 4 nitrogen and oxygen atoms in total. The lowest BCUT2D eigenvalue weighted by atomic mass is 10.6. The van der Waals surface area contributed by atoms with Crippen molar-refractivity contribution in [2.75, 3.05) is 5.73 Å². The number of nitrogens with two attached hydrogens (primary N) is 1. The summed E-state index contributed by atoms with van der Waals surface area (Å²) < 4.78 is 0. The first-order chi connectivity index (χ1) is 3.39. The highest BCUT2D eigenvalue weighted by Crippen LogP contribution is 1.85. The molecule has 1 aromatic rings. The highest BCUT2D eigenvalue weighted by molar-refractivity contribution is 5.22. The second-order valence-corrected chi connectivity index (χ2v) is 1.13. The zero-order valence-electron chi connectivity index (χ0n) is 4.20. The summed E-state index contributed by atoms with van der Waals surface area (Å²) in [5.74, 6) is 0.509. The van der Waals surface area contributed by atoms with Crippen LogP contribution in [0.4, 0.5) is 5.82 Å². The second-order valence-electron chi connectivity index (χ2n) is 1.13. The average molecular weight is 113 g/mol. The summed E-state index contributed by atoms with van der Waals surface area (Å²) in [6.07, 6.45) is 3.01. The first kappa shape index (κ1) is 6.84. The van der Waals surface area contributed by atoms with E-state index in [0.29, 0.717) is 5.82 Å². The van der Waals surface area contributed by atoms with Crippen molar-refractivity contribution in [3.05, 3.63) is 18.6 Å². The van der Waals surface area contributed by atoms with E-state index in [2.05, 4.69) is 9.97 Å². The number of nitrogen functional groups attached to an aromatic ring is 1. The van der Waals surface area contributed by atoms with Crippen molar-refractivity contribution in [2.24, 2.45) is 0 Å². The molecule has 0 bridgehead atoms. The van der Waals surface area contributed by atoms with Crippen molar-refractivity contribution in [3.63, 3.8) is 0 Å². The molecule has 1 aromatic heterocycles. The normalized spacial score (nSPS) is 7.50. The van der Waals surface area contributed by atoms with Crippen molar-refractivity contribution < 1.29 is 5.48 Å². The fourth-order valence-corrected chi connectivity index (χ4v) is 0.301. The van der Waals surface area contributed by atoms with Crippen LogP contribution in [0.2, 0.25) is 0 Å². The molecule has 0 amide bonds. The first-order valence-corrected chi connectivity index (χ1v) is 1.91. The van der Waals surface area contributed by atoms with Gasteiger partial charge in [0.15, 0.2) is 0 Å². The minimum absolute atomic E-state index is 0. The first-order valence-electron chi connectivity index (χ1n) is 1.91. The van der Waals surface area contributed by atoms with Gasteiger partial charge in [-0.05, 0) is 6.07 Å². The Morgan fingerprint density at radius 2 is 2.25 bits per heavy atom. The average Bonchev–Trinajstić information content (AvgIpc) is 1.69. The third-order valence-corrected chi connectivity index (χ3v) is 0.605. The van der Waals surface area contributed by atoms with Crippen LogP contribution in [0.1, 0.15) is 0 Å². The molecule has 44 valence electrons. The molecule has 4 heteroatoms. The molecule has 0 aliphatic rings. The molecule has 0 saturated carbocycles. The van der Waals surface area contributed by atoms with Crippen molar-refractivity contribution in [1.82, 2.24) is 9.97 Å². The van der Waals surface area contributed by atoms with Crippen LogP contribution in [0.3, 0.4) is 0 Å². The predicted octanol–water partition coefficient (Wildman–Crippen LogP) is -0.766. The maximum atomic E-state index is 5.21. The van der Waals surface area contributed by atoms with Gasteiger partial charge in [-0.2, -0.15) is 0 Å². The summed E-state index contributed by atoms with van der Waals surface area (Å²) in [5, 5.41) is 0. The van der Waals surface area contributed by atoms with Crippen molar-refractivity contribution in [3.8, 4) is 0 Å². The molecule has 0 atom stereocenters. The molecule has 1 rings (SSSR count). The van der Waals surface area contributed by atoms with Gasteiger partial charge >= 0.3 is 0 Å². The molecule has 0 spiro atoms. The Kier molecular flexibility index (Phi) is 2.50. The summed E-state index contributed by atoms with van der Waals surface area (Å²) >= 11 is 0. The van der Waals surface area contributed by atoms with E-state index >= 15 is 0 Å². The molecular formula is C4H7N3O. The van der Waals surface area contributed by atoms with Gasteiger partial charge in [0.05, 0.1) is 0 Å². The Morgan fingerprint density at radius 1 is 1.50 bits per heavy atom. The van der Waals surface area contributed by atoms with Gasteiger partial charge in [0, 0.05) is 6.20 Å². The molecule has 0 saturated heterocycles. The zero-order chi connectivity index (χ0) is 5.11. The standard InChI is InChI=1S/C4H5N3.H2O/c5-4-1-2-6-3-7-4;/h1-3H,(H2,5,6,7);1H2. The molecule has 0 aliphatic carbocycles. The van der Waals surface area contributed by atoms with Crippen LogP contribution >= 0.6 is 0 Å². The molecule has 0 aliphatic heterocycles. The van der Waals surface area contributed by atoms with Crippen LogP contribution in [0.15, 0.2) is 18.6 Å². The minimum Gasteiger partial charge on any atom is -0.412 e. The topological polar surface area (TPSA) is 83.3 Å². The molecule has 0 fully saturated rings. The predicted molar refractivity (Wildman–Crippen MR) is 30.1 cm³/mol. The molecule has 1 heterocycles. The fraction of sp³-hybridized carbons (Fsp3) is 0. The van der Waals surface area contributed by atoms with Gasteiger partial charge in [-0.3, -0.25) is 0 Å². The van der Waals surface area contributed by atoms with E-state index in [1.54, 1.807) is 12.3 Å². The van der Waals surface area contributed by atoms with Crippen molar-refractivity contribution in [2.45, 2.75) is 0 Å². The Morgan fingerprint density at radius 3 is 2.50 bits per heavy atom. The molecule has 0 radical (unpaired) electrons. The summed E-state index contributed by atoms with van der Waals surface area (Å²) in [6, 6.07) is 1.64. The van der Waals surface area contributed by atoms with Gasteiger partial charge < -0.3 is 11.2 Å². The lowest BCUT2D eigenvalue weighted by Gasteiger charge is -1.82. The third-order valence-electron chi connectivity index (χ3n) is 0.605. The summed E-state index contributed by atoms with van der Waals surface area (Å²) in [5.41, 5.74) is 5.21. The quantitative estimate of drug-likeness (QED) is 0.479. The van der Waals surface area contributed by atoms with Crippen LogP contribution in [0, 0.1) is 0 Å². The highest BCUT2D eigenvalue weighted by Gasteiger charge is 1.74.